The molecule has 0 aliphatic carbocycles. The van der Waals surface area contributed by atoms with Crippen LogP contribution in [0.3, 0.4) is 0 Å². The quantitative estimate of drug-likeness (QED) is 0.756. The van der Waals surface area contributed by atoms with Crippen LogP contribution in [0.2, 0.25) is 0 Å². The minimum atomic E-state index is -0.650. The highest BCUT2D eigenvalue weighted by Gasteiger charge is 2.36. The Morgan fingerprint density at radius 2 is 2.00 bits per heavy atom. The van der Waals surface area contributed by atoms with Crippen LogP contribution in [0.25, 0.3) is 0 Å². The Morgan fingerprint density at radius 3 is 2.79 bits per heavy atom. The summed E-state index contributed by atoms with van der Waals surface area (Å²) in [5.74, 6) is -1.53. The summed E-state index contributed by atoms with van der Waals surface area (Å²) < 4.78 is 17.9. The van der Waals surface area contributed by atoms with Gasteiger partial charge in [-0.25, -0.2) is 9.18 Å². The molecule has 1 atom stereocenters. The summed E-state index contributed by atoms with van der Waals surface area (Å²) >= 11 is 0. The first-order valence-corrected chi connectivity index (χ1v) is 9.41. The molecule has 0 spiro atoms. The van der Waals surface area contributed by atoms with E-state index in [9.17, 15) is 18.8 Å². The van der Waals surface area contributed by atoms with E-state index in [1.54, 1.807) is 30.3 Å². The summed E-state index contributed by atoms with van der Waals surface area (Å²) in [5.41, 5.74) is 2.45. The SMILES string of the molecule is O=C(COC(=O)c1ccc2c(c1)NC(=O)[C@@H]1CCCN21)NCc1ccc(F)cc1. The Balaban J connectivity index is 1.33. The van der Waals surface area contributed by atoms with Gasteiger partial charge >= 0.3 is 5.97 Å². The molecule has 0 radical (unpaired) electrons. The van der Waals surface area contributed by atoms with Gasteiger partial charge < -0.3 is 20.3 Å². The molecule has 0 unspecified atom stereocenters. The lowest BCUT2D eigenvalue weighted by Gasteiger charge is -2.33. The van der Waals surface area contributed by atoms with Crippen LogP contribution in [-0.4, -0.2) is 37.0 Å². The van der Waals surface area contributed by atoms with E-state index < -0.39 is 18.5 Å². The van der Waals surface area contributed by atoms with Crippen LogP contribution >= 0.6 is 0 Å². The second-order valence-corrected chi connectivity index (χ2v) is 7.05. The highest BCUT2D eigenvalue weighted by molar-refractivity contribution is 6.05. The molecule has 2 aromatic rings. The number of esters is 1. The number of hydrogen-bond acceptors (Lipinski definition) is 5. The summed E-state index contributed by atoms with van der Waals surface area (Å²) in [6.45, 7) is 0.583. The predicted octanol–water partition coefficient (Wildman–Crippen LogP) is 2.22. The Morgan fingerprint density at radius 1 is 1.21 bits per heavy atom. The number of carbonyl (C=O) groups excluding carboxylic acids is 3. The molecule has 150 valence electrons. The Bertz CT molecular complexity index is 961. The fourth-order valence-corrected chi connectivity index (χ4v) is 3.63. The van der Waals surface area contributed by atoms with Crippen molar-refractivity contribution in [2.24, 2.45) is 0 Å². The molecule has 2 aromatic carbocycles. The largest absolute Gasteiger partial charge is 0.452 e. The Hall–Kier alpha value is -3.42. The zero-order valence-corrected chi connectivity index (χ0v) is 15.6. The number of amides is 2. The van der Waals surface area contributed by atoms with Crippen LogP contribution in [0.5, 0.6) is 0 Å². The van der Waals surface area contributed by atoms with Gasteiger partial charge in [0.05, 0.1) is 16.9 Å². The molecule has 1 fully saturated rings. The van der Waals surface area contributed by atoms with Gasteiger partial charge in [0, 0.05) is 13.1 Å². The first-order valence-electron chi connectivity index (χ1n) is 9.41. The average molecular weight is 397 g/mol. The smallest absolute Gasteiger partial charge is 0.338 e. The van der Waals surface area contributed by atoms with Gasteiger partial charge in [-0.2, -0.15) is 0 Å². The molecule has 0 bridgehead atoms. The maximum atomic E-state index is 12.9. The molecule has 2 N–H and O–H groups in total. The highest BCUT2D eigenvalue weighted by Crippen LogP contribution is 2.37. The molecule has 4 rings (SSSR count). The number of hydrogen-bond donors (Lipinski definition) is 2. The fourth-order valence-electron chi connectivity index (χ4n) is 3.63. The predicted molar refractivity (Wildman–Crippen MR) is 104 cm³/mol. The van der Waals surface area contributed by atoms with Crippen LogP contribution in [0.15, 0.2) is 42.5 Å². The second-order valence-electron chi connectivity index (χ2n) is 7.05. The third-order valence-electron chi connectivity index (χ3n) is 5.09. The van der Waals surface area contributed by atoms with Gasteiger partial charge in [-0.05, 0) is 48.7 Å². The minimum absolute atomic E-state index is 0.0688. The van der Waals surface area contributed by atoms with Crippen LogP contribution in [0.4, 0.5) is 15.8 Å². The molecular weight excluding hydrogens is 377 g/mol. The molecule has 2 heterocycles. The van der Waals surface area contributed by atoms with Crippen LogP contribution in [-0.2, 0) is 20.9 Å². The molecule has 2 aliphatic heterocycles. The van der Waals surface area contributed by atoms with E-state index in [1.807, 2.05) is 4.90 Å². The summed E-state index contributed by atoms with van der Waals surface area (Å²) in [6.07, 6.45) is 1.77. The van der Waals surface area contributed by atoms with E-state index in [0.717, 1.165) is 30.6 Å². The first-order chi connectivity index (χ1) is 14.0. The van der Waals surface area contributed by atoms with Gasteiger partial charge in [-0.1, -0.05) is 12.1 Å². The van der Waals surface area contributed by atoms with E-state index in [-0.39, 0.29) is 29.9 Å². The normalized spacial score (nSPS) is 17.2. The summed E-state index contributed by atoms with van der Waals surface area (Å²) in [4.78, 5) is 38.4. The fraction of sp³-hybridized carbons (Fsp3) is 0.286. The molecule has 7 nitrogen and oxygen atoms in total. The van der Waals surface area contributed by atoms with Crippen molar-refractivity contribution in [2.45, 2.75) is 25.4 Å². The van der Waals surface area contributed by atoms with Crippen molar-refractivity contribution in [3.8, 4) is 0 Å². The van der Waals surface area contributed by atoms with E-state index in [4.69, 9.17) is 4.74 Å². The van der Waals surface area contributed by atoms with Gasteiger partial charge in [0.2, 0.25) is 5.91 Å². The number of benzene rings is 2. The maximum Gasteiger partial charge on any atom is 0.338 e. The van der Waals surface area contributed by atoms with Gasteiger partial charge in [-0.15, -0.1) is 0 Å². The van der Waals surface area contributed by atoms with Gasteiger partial charge in [0.15, 0.2) is 6.61 Å². The number of anilines is 2. The number of ether oxygens (including phenoxy) is 1. The van der Waals surface area contributed by atoms with Crippen molar-refractivity contribution in [3.05, 3.63) is 59.4 Å². The third kappa shape index (κ3) is 4.06. The first kappa shape index (κ1) is 18.9. The molecule has 8 heteroatoms. The summed E-state index contributed by atoms with van der Waals surface area (Å²) in [6, 6.07) is 10.6. The molecule has 29 heavy (non-hydrogen) atoms. The van der Waals surface area contributed by atoms with Crippen LogP contribution in [0, 0.1) is 5.82 Å². The van der Waals surface area contributed by atoms with Crippen molar-refractivity contribution in [3.63, 3.8) is 0 Å². The lowest BCUT2D eigenvalue weighted by Crippen LogP contribution is -2.43. The van der Waals surface area contributed by atoms with Crippen molar-refractivity contribution in [1.29, 1.82) is 0 Å². The van der Waals surface area contributed by atoms with E-state index >= 15 is 0 Å². The molecule has 0 saturated carbocycles. The van der Waals surface area contributed by atoms with Gasteiger partial charge in [0.25, 0.3) is 5.91 Å². The zero-order valence-electron chi connectivity index (χ0n) is 15.6. The number of rotatable bonds is 5. The molecule has 0 aromatic heterocycles. The average Bonchev–Trinajstić information content (AvgIpc) is 3.22. The molecule has 1 saturated heterocycles. The monoisotopic (exact) mass is 397 g/mol. The standard InChI is InChI=1S/C21H20FN3O4/c22-15-6-3-13(4-7-15)11-23-19(26)12-29-21(28)14-5-8-17-16(10-14)24-20(27)18-2-1-9-25(17)18/h3-8,10,18H,1-2,9,11-12H2,(H,23,26)(H,24,27)/t18-/m0/s1. The topological polar surface area (TPSA) is 87.7 Å². The lowest BCUT2D eigenvalue weighted by molar-refractivity contribution is -0.124. The minimum Gasteiger partial charge on any atom is -0.452 e. The van der Waals surface area contributed by atoms with E-state index in [2.05, 4.69) is 10.6 Å². The highest BCUT2D eigenvalue weighted by atomic mass is 19.1. The van der Waals surface area contributed by atoms with Crippen LogP contribution in [0.1, 0.15) is 28.8 Å². The van der Waals surface area contributed by atoms with Gasteiger partial charge in [-0.3, -0.25) is 9.59 Å². The third-order valence-corrected chi connectivity index (χ3v) is 5.09. The second kappa shape index (κ2) is 7.90. The zero-order chi connectivity index (χ0) is 20.4. The number of fused-ring (bicyclic) bond motifs is 3. The van der Waals surface area contributed by atoms with Crippen LogP contribution < -0.4 is 15.5 Å². The lowest BCUT2D eigenvalue weighted by atomic mass is 10.1. The molecule has 2 amide bonds. The summed E-state index contributed by atoms with van der Waals surface area (Å²) in [7, 11) is 0. The number of carbonyl (C=O) groups is 3. The van der Waals surface area contributed by atoms with E-state index in [1.165, 1.54) is 12.1 Å². The summed E-state index contributed by atoms with van der Waals surface area (Å²) in [5, 5.41) is 5.44. The van der Waals surface area contributed by atoms with Crippen molar-refractivity contribution >= 4 is 29.2 Å². The van der Waals surface area contributed by atoms with E-state index in [0.29, 0.717) is 5.69 Å². The molecule has 2 aliphatic rings. The maximum absolute atomic E-state index is 12.9. The Kier molecular flexibility index (Phi) is 5.16. The van der Waals surface area contributed by atoms with Crippen molar-refractivity contribution < 1.29 is 23.5 Å². The van der Waals surface area contributed by atoms with Crippen molar-refractivity contribution in [1.82, 2.24) is 5.32 Å². The van der Waals surface area contributed by atoms with Gasteiger partial charge in [0.1, 0.15) is 11.9 Å². The molecular formula is C21H20FN3O4. The number of halogens is 1. The Labute approximate surface area is 166 Å². The van der Waals surface area contributed by atoms with Crippen molar-refractivity contribution in [2.75, 3.05) is 23.4 Å². The number of nitrogens with one attached hydrogen (secondary N) is 2. The number of nitrogens with zero attached hydrogens (tertiary/aromatic N) is 1.